The van der Waals surface area contributed by atoms with E-state index < -0.39 is 12.0 Å². The lowest BCUT2D eigenvalue weighted by molar-refractivity contribution is -0.131. The maximum atomic E-state index is 13.2. The molecule has 10 heteroatoms. The number of hydrogen-bond acceptors (Lipinski definition) is 6. The number of rotatable bonds is 9. The van der Waals surface area contributed by atoms with E-state index >= 15 is 0 Å². The van der Waals surface area contributed by atoms with Crippen LogP contribution < -0.4 is 25.8 Å². The summed E-state index contributed by atoms with van der Waals surface area (Å²) in [6.45, 7) is 2.79. The molecule has 1 aliphatic rings. The van der Waals surface area contributed by atoms with Gasteiger partial charge in [-0.3, -0.25) is 4.79 Å². The molecule has 1 fully saturated rings. The fourth-order valence-corrected chi connectivity index (χ4v) is 4.55. The van der Waals surface area contributed by atoms with Crippen molar-refractivity contribution < 1.29 is 29.0 Å². The number of methoxy groups -OCH3 is 1. The minimum atomic E-state index is -1.06. The average molecular weight is 533 g/mol. The molecule has 1 atom stereocenters. The second-order valence-electron chi connectivity index (χ2n) is 9.36. The number of likely N-dealkylation sites (tertiary alicyclic amines) is 1. The van der Waals surface area contributed by atoms with Gasteiger partial charge in [0.25, 0.3) is 0 Å². The molecule has 0 bridgehead atoms. The number of aryl methyl sites for hydroxylation is 1. The van der Waals surface area contributed by atoms with E-state index in [0.717, 1.165) is 24.0 Å². The van der Waals surface area contributed by atoms with Crippen LogP contribution in [0.3, 0.4) is 0 Å². The Morgan fingerprint density at radius 2 is 1.79 bits per heavy atom. The van der Waals surface area contributed by atoms with Crippen LogP contribution in [0.15, 0.2) is 60.7 Å². The number of para-hydroxylation sites is 1. The first kappa shape index (κ1) is 27.3. The van der Waals surface area contributed by atoms with Crippen molar-refractivity contribution in [3.8, 4) is 11.5 Å². The smallest absolute Gasteiger partial charge is 0.335 e. The Labute approximate surface area is 226 Å². The quantitative estimate of drug-likeness (QED) is 0.296. The van der Waals surface area contributed by atoms with E-state index in [-0.39, 0.29) is 36.2 Å². The Bertz CT molecular complexity index is 1380. The van der Waals surface area contributed by atoms with Crippen molar-refractivity contribution in [2.75, 3.05) is 36.6 Å². The molecule has 204 valence electrons. The second kappa shape index (κ2) is 12.2. The van der Waals surface area contributed by atoms with E-state index in [1.165, 1.54) is 25.3 Å². The van der Waals surface area contributed by atoms with E-state index in [4.69, 9.17) is 20.3 Å². The predicted molar refractivity (Wildman–Crippen MR) is 149 cm³/mol. The number of aromatic carboxylic acids is 1. The molecule has 0 aliphatic carbocycles. The molecule has 1 unspecified atom stereocenters. The van der Waals surface area contributed by atoms with E-state index in [1.807, 2.05) is 31.2 Å². The van der Waals surface area contributed by atoms with Gasteiger partial charge in [0.05, 0.1) is 36.5 Å². The summed E-state index contributed by atoms with van der Waals surface area (Å²) < 4.78 is 11.3. The number of nitrogens with one attached hydrogen (secondary N) is 2. The molecule has 3 amide bonds. The standard InChI is InChI=1S/C29H32N4O6/c1-18-6-3-4-8-23(18)31-29(37)32-24-11-9-19(14-26(24)38-2)15-27(34)33-13-5-7-21(33)17-39-25-12-10-20(28(35)36)16-22(25)30/h3-4,6,8-12,14,16,21H,5,7,13,15,17,30H2,1-2H3,(H,35,36)(H2,31,32,37). The number of hydrogen-bond donors (Lipinski definition) is 4. The molecular weight excluding hydrogens is 500 g/mol. The van der Waals surface area contributed by atoms with Gasteiger partial charge in [0, 0.05) is 12.2 Å². The predicted octanol–water partition coefficient (Wildman–Crippen LogP) is 4.54. The number of nitrogens with zero attached hydrogens (tertiary/aromatic N) is 1. The maximum Gasteiger partial charge on any atom is 0.335 e. The number of nitrogen functional groups attached to an aromatic ring is 1. The van der Waals surface area contributed by atoms with Gasteiger partial charge < -0.3 is 35.8 Å². The molecule has 1 aliphatic heterocycles. The monoisotopic (exact) mass is 532 g/mol. The van der Waals surface area contributed by atoms with Crippen LogP contribution in [0, 0.1) is 6.92 Å². The van der Waals surface area contributed by atoms with Gasteiger partial charge in [0.15, 0.2) is 0 Å². The zero-order chi connectivity index (χ0) is 27.9. The summed E-state index contributed by atoms with van der Waals surface area (Å²) in [5.41, 5.74) is 9.15. The molecule has 4 rings (SSSR count). The van der Waals surface area contributed by atoms with Gasteiger partial charge in [0.1, 0.15) is 18.1 Å². The molecule has 5 N–H and O–H groups in total. The topological polar surface area (TPSA) is 143 Å². The molecule has 0 aromatic heterocycles. The molecule has 39 heavy (non-hydrogen) atoms. The van der Waals surface area contributed by atoms with Crippen LogP contribution >= 0.6 is 0 Å². The number of anilines is 3. The third kappa shape index (κ3) is 6.78. The highest BCUT2D eigenvalue weighted by Gasteiger charge is 2.29. The summed E-state index contributed by atoms with van der Waals surface area (Å²) in [5, 5.41) is 14.7. The van der Waals surface area contributed by atoms with E-state index in [2.05, 4.69) is 10.6 Å². The highest BCUT2D eigenvalue weighted by atomic mass is 16.5. The van der Waals surface area contributed by atoms with Crippen molar-refractivity contribution in [1.82, 2.24) is 4.90 Å². The fraction of sp³-hybridized carbons (Fsp3) is 0.276. The van der Waals surface area contributed by atoms with Crippen molar-refractivity contribution in [1.29, 1.82) is 0 Å². The van der Waals surface area contributed by atoms with Crippen molar-refractivity contribution in [2.24, 2.45) is 0 Å². The van der Waals surface area contributed by atoms with Gasteiger partial charge in [-0.2, -0.15) is 0 Å². The van der Waals surface area contributed by atoms with Crippen molar-refractivity contribution in [2.45, 2.75) is 32.2 Å². The number of benzene rings is 3. The summed E-state index contributed by atoms with van der Waals surface area (Å²) in [4.78, 5) is 38.6. The van der Waals surface area contributed by atoms with Crippen LogP contribution in [0.5, 0.6) is 11.5 Å². The Hall–Kier alpha value is -4.73. The third-order valence-electron chi connectivity index (χ3n) is 6.65. The highest BCUT2D eigenvalue weighted by Crippen LogP contribution is 2.28. The van der Waals surface area contributed by atoms with Crippen molar-refractivity contribution in [3.63, 3.8) is 0 Å². The molecule has 0 radical (unpaired) electrons. The summed E-state index contributed by atoms with van der Waals surface area (Å²) in [5.74, 6) is -0.275. The first-order valence-corrected chi connectivity index (χ1v) is 12.6. The van der Waals surface area contributed by atoms with Gasteiger partial charge in [-0.15, -0.1) is 0 Å². The van der Waals surface area contributed by atoms with Crippen LogP contribution in [0.25, 0.3) is 0 Å². The van der Waals surface area contributed by atoms with Gasteiger partial charge in [-0.25, -0.2) is 9.59 Å². The molecule has 1 saturated heterocycles. The lowest BCUT2D eigenvalue weighted by Crippen LogP contribution is -2.40. The number of carbonyl (C=O) groups is 3. The third-order valence-corrected chi connectivity index (χ3v) is 6.65. The maximum absolute atomic E-state index is 13.2. The summed E-state index contributed by atoms with van der Waals surface area (Å²) in [6.07, 6.45) is 1.81. The number of nitrogens with two attached hydrogens (primary N) is 1. The van der Waals surface area contributed by atoms with Crippen LogP contribution in [0.2, 0.25) is 0 Å². The summed E-state index contributed by atoms with van der Waals surface area (Å²) >= 11 is 0. The number of carbonyl (C=O) groups excluding carboxylic acids is 2. The van der Waals surface area contributed by atoms with Gasteiger partial charge in [0.2, 0.25) is 5.91 Å². The number of amides is 3. The number of ether oxygens (including phenoxy) is 2. The van der Waals surface area contributed by atoms with Crippen LogP contribution in [0.1, 0.15) is 34.3 Å². The first-order chi connectivity index (χ1) is 18.7. The zero-order valence-electron chi connectivity index (χ0n) is 21.9. The minimum Gasteiger partial charge on any atom is -0.495 e. The Kier molecular flexibility index (Phi) is 8.55. The fourth-order valence-electron chi connectivity index (χ4n) is 4.55. The molecule has 3 aromatic carbocycles. The molecule has 10 nitrogen and oxygen atoms in total. The SMILES string of the molecule is COc1cc(CC(=O)N2CCCC2COc2ccc(C(=O)O)cc2N)ccc1NC(=O)Nc1ccccc1C. The molecular formula is C29H32N4O6. The molecule has 0 spiro atoms. The van der Waals surface area contributed by atoms with Gasteiger partial charge in [-0.05, 0) is 67.3 Å². The molecule has 1 heterocycles. The molecule has 3 aromatic rings. The first-order valence-electron chi connectivity index (χ1n) is 12.6. The number of urea groups is 1. The minimum absolute atomic E-state index is 0.0460. The lowest BCUT2D eigenvalue weighted by Gasteiger charge is -2.25. The van der Waals surface area contributed by atoms with E-state index in [0.29, 0.717) is 29.4 Å². The Balaban J connectivity index is 1.36. The normalized spacial score (nSPS) is 14.5. The number of carboxylic acids is 1. The van der Waals surface area contributed by atoms with Crippen molar-refractivity contribution in [3.05, 3.63) is 77.4 Å². The van der Waals surface area contributed by atoms with E-state index in [1.54, 1.807) is 23.1 Å². The zero-order valence-corrected chi connectivity index (χ0v) is 21.9. The Morgan fingerprint density at radius 1 is 1.03 bits per heavy atom. The van der Waals surface area contributed by atoms with Crippen molar-refractivity contribution >= 4 is 35.0 Å². The summed E-state index contributed by atoms with van der Waals surface area (Å²) in [7, 11) is 1.51. The average Bonchev–Trinajstić information content (AvgIpc) is 3.39. The molecule has 0 saturated carbocycles. The van der Waals surface area contributed by atoms with Crippen LogP contribution in [-0.4, -0.2) is 54.2 Å². The Morgan fingerprint density at radius 3 is 2.51 bits per heavy atom. The van der Waals surface area contributed by atoms with Gasteiger partial charge in [-0.1, -0.05) is 24.3 Å². The summed E-state index contributed by atoms with van der Waals surface area (Å²) in [6, 6.07) is 16.5. The van der Waals surface area contributed by atoms with Gasteiger partial charge >= 0.3 is 12.0 Å². The van der Waals surface area contributed by atoms with E-state index in [9.17, 15) is 14.4 Å². The lowest BCUT2D eigenvalue weighted by atomic mass is 10.1. The number of carboxylic acid groups (broad SMARTS) is 1. The van der Waals surface area contributed by atoms with Crippen LogP contribution in [-0.2, 0) is 11.2 Å². The largest absolute Gasteiger partial charge is 0.495 e. The second-order valence-corrected chi connectivity index (χ2v) is 9.36. The van der Waals surface area contributed by atoms with Crippen LogP contribution in [0.4, 0.5) is 21.9 Å². The highest BCUT2D eigenvalue weighted by molar-refractivity contribution is 6.01.